The molecule has 0 unspecified atom stereocenters. The summed E-state index contributed by atoms with van der Waals surface area (Å²) in [5, 5.41) is 0.702. The van der Waals surface area contributed by atoms with E-state index in [2.05, 4.69) is 47.2 Å². The van der Waals surface area contributed by atoms with Crippen LogP contribution >= 0.6 is 45.8 Å². The molecule has 1 aromatic carbocycles. The number of ether oxygens (including phenoxy) is 2. The standard InChI is InChI=1S/C20H21Cl2F2IN2O2Si/c1-30(2,3)8-7-28-11-27-16-9-13(21)20(26-18(16)17(25)19(27)22)29-10-12-14(23)5-4-6-15(12)24/h4-6,9H,7-8,10-11H2,1-3H3. The van der Waals surface area contributed by atoms with Crippen molar-refractivity contribution in [2.45, 2.75) is 39.0 Å². The molecule has 0 amide bonds. The molecule has 0 radical (unpaired) electrons. The molecule has 30 heavy (non-hydrogen) atoms. The zero-order valence-corrected chi connectivity index (χ0v) is 21.4. The molecule has 2 heterocycles. The molecule has 10 heteroatoms. The summed E-state index contributed by atoms with van der Waals surface area (Å²) in [5.41, 5.74) is 1.10. The Hall–Kier alpha value is -0.943. The minimum absolute atomic E-state index is 0.0817. The molecular formula is C20H21Cl2F2IN2O2Si. The summed E-state index contributed by atoms with van der Waals surface area (Å²) in [4.78, 5) is 4.44. The molecule has 0 atom stereocenters. The molecule has 4 nitrogen and oxygen atoms in total. The maximum Gasteiger partial charge on any atom is 0.233 e. The van der Waals surface area contributed by atoms with Crippen molar-refractivity contribution in [1.29, 1.82) is 0 Å². The molecule has 0 saturated heterocycles. The second-order valence-electron chi connectivity index (χ2n) is 8.01. The maximum absolute atomic E-state index is 13.8. The van der Waals surface area contributed by atoms with Crippen molar-refractivity contribution >= 4 is 64.9 Å². The van der Waals surface area contributed by atoms with Gasteiger partial charge >= 0.3 is 0 Å². The lowest BCUT2D eigenvalue weighted by molar-refractivity contribution is 0.0903. The zero-order chi connectivity index (χ0) is 22.1. The molecule has 0 N–H and O–H groups in total. The highest BCUT2D eigenvalue weighted by molar-refractivity contribution is 14.1. The lowest BCUT2D eigenvalue weighted by Crippen LogP contribution is -2.22. The van der Waals surface area contributed by atoms with E-state index < -0.39 is 19.7 Å². The monoisotopic (exact) mass is 584 g/mol. The third kappa shape index (κ3) is 5.45. The molecule has 0 saturated carbocycles. The van der Waals surface area contributed by atoms with Gasteiger partial charge in [-0.15, -0.1) is 0 Å². The Morgan fingerprint density at radius 2 is 1.83 bits per heavy atom. The van der Waals surface area contributed by atoms with Crippen LogP contribution in [0.15, 0.2) is 24.3 Å². The van der Waals surface area contributed by atoms with Gasteiger partial charge in [0.05, 0.1) is 14.7 Å². The first-order chi connectivity index (χ1) is 14.1. The van der Waals surface area contributed by atoms with Gasteiger partial charge in [0.1, 0.15) is 40.7 Å². The van der Waals surface area contributed by atoms with Crippen LogP contribution in [0.3, 0.4) is 0 Å². The highest BCUT2D eigenvalue weighted by Gasteiger charge is 2.20. The van der Waals surface area contributed by atoms with E-state index >= 15 is 0 Å². The second kappa shape index (κ2) is 9.68. The fraction of sp³-hybridized carbons (Fsp3) is 0.350. The lowest BCUT2D eigenvalue weighted by Gasteiger charge is -2.16. The van der Waals surface area contributed by atoms with Gasteiger partial charge in [-0.3, -0.25) is 0 Å². The summed E-state index contributed by atoms with van der Waals surface area (Å²) >= 11 is 14.9. The van der Waals surface area contributed by atoms with Crippen LogP contribution in [0.5, 0.6) is 5.88 Å². The summed E-state index contributed by atoms with van der Waals surface area (Å²) in [5.74, 6) is -1.30. The summed E-state index contributed by atoms with van der Waals surface area (Å²) in [6, 6.07) is 6.36. The first kappa shape index (κ1) is 23.7. The first-order valence-corrected chi connectivity index (χ1v) is 14.8. The van der Waals surface area contributed by atoms with E-state index in [0.29, 0.717) is 22.8 Å². The molecular weight excluding hydrogens is 564 g/mol. The van der Waals surface area contributed by atoms with Crippen LogP contribution in [0.4, 0.5) is 8.78 Å². The van der Waals surface area contributed by atoms with Crippen molar-refractivity contribution in [2.75, 3.05) is 6.61 Å². The van der Waals surface area contributed by atoms with Gasteiger partial charge in [-0.05, 0) is 46.8 Å². The molecule has 0 aliphatic heterocycles. The van der Waals surface area contributed by atoms with E-state index in [-0.39, 0.29) is 29.8 Å². The van der Waals surface area contributed by atoms with E-state index in [1.54, 1.807) is 10.6 Å². The van der Waals surface area contributed by atoms with Gasteiger partial charge in [0.15, 0.2) is 0 Å². The highest BCUT2D eigenvalue weighted by atomic mass is 127. The van der Waals surface area contributed by atoms with E-state index in [4.69, 9.17) is 32.7 Å². The Morgan fingerprint density at radius 1 is 1.17 bits per heavy atom. The van der Waals surface area contributed by atoms with Crippen LogP contribution in [0.25, 0.3) is 11.0 Å². The van der Waals surface area contributed by atoms with Crippen LogP contribution in [0.2, 0.25) is 35.9 Å². The van der Waals surface area contributed by atoms with Gasteiger partial charge in [-0.25, -0.2) is 13.8 Å². The van der Waals surface area contributed by atoms with Gasteiger partial charge in [0.2, 0.25) is 5.88 Å². The highest BCUT2D eigenvalue weighted by Crippen LogP contribution is 2.35. The normalized spacial score (nSPS) is 12.0. The van der Waals surface area contributed by atoms with Crippen LogP contribution in [0, 0.1) is 15.2 Å². The average molecular weight is 585 g/mol. The Balaban J connectivity index is 1.82. The maximum atomic E-state index is 13.8. The molecule has 0 fully saturated rings. The molecule has 3 rings (SSSR count). The number of rotatable bonds is 8. The number of benzene rings is 1. The van der Waals surface area contributed by atoms with E-state index in [9.17, 15) is 8.78 Å². The van der Waals surface area contributed by atoms with Crippen molar-refractivity contribution < 1.29 is 18.3 Å². The number of pyridine rings is 1. The average Bonchev–Trinajstić information content (AvgIpc) is 2.88. The molecule has 3 aromatic rings. The van der Waals surface area contributed by atoms with E-state index in [0.717, 1.165) is 9.61 Å². The van der Waals surface area contributed by atoms with Crippen molar-refractivity contribution in [2.24, 2.45) is 0 Å². The predicted molar refractivity (Wildman–Crippen MR) is 127 cm³/mol. The number of aromatic nitrogens is 2. The van der Waals surface area contributed by atoms with Gasteiger partial charge in [-0.2, -0.15) is 0 Å². The van der Waals surface area contributed by atoms with Gasteiger partial charge < -0.3 is 14.0 Å². The minimum Gasteiger partial charge on any atom is -0.471 e. The molecule has 0 spiro atoms. The van der Waals surface area contributed by atoms with E-state index in [1.807, 2.05) is 0 Å². The summed E-state index contributed by atoms with van der Waals surface area (Å²) in [6.07, 6.45) is 0. The van der Waals surface area contributed by atoms with Crippen molar-refractivity contribution in [3.63, 3.8) is 0 Å². The first-order valence-electron chi connectivity index (χ1n) is 9.25. The molecule has 0 aliphatic rings. The summed E-state index contributed by atoms with van der Waals surface area (Å²) < 4.78 is 41.5. The van der Waals surface area contributed by atoms with Crippen molar-refractivity contribution in [3.8, 4) is 5.88 Å². The van der Waals surface area contributed by atoms with Gasteiger partial charge in [-0.1, -0.05) is 48.9 Å². The molecule has 2 aromatic heterocycles. The Bertz CT molecular complexity index is 1050. The van der Waals surface area contributed by atoms with Crippen LogP contribution in [-0.4, -0.2) is 24.2 Å². The smallest absolute Gasteiger partial charge is 0.233 e. The molecule has 162 valence electrons. The predicted octanol–water partition coefficient (Wildman–Crippen LogP) is 7.12. The van der Waals surface area contributed by atoms with E-state index in [1.165, 1.54) is 18.2 Å². The molecule has 0 bridgehead atoms. The number of halogens is 5. The Labute approximate surface area is 198 Å². The number of hydrogen-bond donors (Lipinski definition) is 0. The number of nitrogens with zero attached hydrogens (tertiary/aromatic N) is 2. The Morgan fingerprint density at radius 3 is 2.47 bits per heavy atom. The Kier molecular flexibility index (Phi) is 7.65. The minimum atomic E-state index is -1.19. The third-order valence-corrected chi connectivity index (χ3v) is 8.18. The summed E-state index contributed by atoms with van der Waals surface area (Å²) in [7, 11) is -1.19. The van der Waals surface area contributed by atoms with Gasteiger partial charge in [0, 0.05) is 14.7 Å². The van der Waals surface area contributed by atoms with Crippen molar-refractivity contribution in [1.82, 2.24) is 9.55 Å². The fourth-order valence-electron chi connectivity index (χ4n) is 2.72. The number of fused-ring (bicyclic) bond motifs is 1. The quantitative estimate of drug-likeness (QED) is 0.161. The van der Waals surface area contributed by atoms with Gasteiger partial charge in [0.25, 0.3) is 0 Å². The zero-order valence-electron chi connectivity index (χ0n) is 16.7. The second-order valence-corrected chi connectivity index (χ2v) is 15.5. The topological polar surface area (TPSA) is 36.3 Å². The molecule has 0 aliphatic carbocycles. The summed E-state index contributed by atoms with van der Waals surface area (Å²) in [6.45, 7) is 7.46. The number of hydrogen-bond acceptors (Lipinski definition) is 3. The fourth-order valence-corrected chi connectivity index (χ4v) is 4.60. The van der Waals surface area contributed by atoms with Crippen LogP contribution in [-0.2, 0) is 18.1 Å². The SMILES string of the molecule is C[Si](C)(C)CCOCn1c(Cl)c(I)c2nc(OCc3c(F)cccc3F)c(Cl)cc21. The van der Waals surface area contributed by atoms with Crippen molar-refractivity contribution in [3.05, 3.63) is 55.2 Å². The third-order valence-electron chi connectivity index (χ3n) is 4.47. The largest absolute Gasteiger partial charge is 0.471 e. The van der Waals surface area contributed by atoms with Crippen LogP contribution < -0.4 is 4.74 Å². The lowest BCUT2D eigenvalue weighted by atomic mass is 10.2. The van der Waals surface area contributed by atoms with Crippen LogP contribution in [0.1, 0.15) is 5.56 Å².